The average Bonchev–Trinajstić information content (AvgIpc) is 2.68. The summed E-state index contributed by atoms with van der Waals surface area (Å²) in [5.41, 5.74) is 0.242. The van der Waals surface area contributed by atoms with Crippen molar-refractivity contribution in [3.05, 3.63) is 59.7 Å². The van der Waals surface area contributed by atoms with Gasteiger partial charge in [-0.25, -0.2) is 12.8 Å². The van der Waals surface area contributed by atoms with Gasteiger partial charge >= 0.3 is 0 Å². The zero-order chi connectivity index (χ0) is 14.2. The molecule has 0 saturated heterocycles. The van der Waals surface area contributed by atoms with Crippen molar-refractivity contribution < 1.29 is 12.8 Å². The van der Waals surface area contributed by atoms with E-state index in [9.17, 15) is 12.8 Å². The molecule has 1 aliphatic heterocycles. The van der Waals surface area contributed by atoms with Crippen LogP contribution < -0.4 is 10.0 Å². The van der Waals surface area contributed by atoms with Gasteiger partial charge in [0, 0.05) is 17.8 Å². The van der Waals surface area contributed by atoms with Crippen molar-refractivity contribution in [2.75, 3.05) is 10.0 Å². The Morgan fingerprint density at radius 3 is 2.65 bits per heavy atom. The van der Waals surface area contributed by atoms with Gasteiger partial charge in [0.2, 0.25) is 5.50 Å². The summed E-state index contributed by atoms with van der Waals surface area (Å²) in [7, 11) is -3.91. The van der Waals surface area contributed by atoms with Crippen LogP contribution in [0.5, 0.6) is 0 Å². The van der Waals surface area contributed by atoms with Crippen LogP contribution in [0.25, 0.3) is 0 Å². The summed E-state index contributed by atoms with van der Waals surface area (Å²) < 4.78 is 38.8. The minimum absolute atomic E-state index is 0.156. The largest absolute Gasteiger partial charge is 0.381 e. The monoisotopic (exact) mass is 292 g/mol. The molecule has 6 heteroatoms. The predicted molar refractivity (Wildman–Crippen MR) is 76.6 cm³/mol. The minimum Gasteiger partial charge on any atom is -0.381 e. The summed E-state index contributed by atoms with van der Waals surface area (Å²) in [6.07, 6.45) is 0. The SMILES string of the molecule is O=S1(=O)Nc2ccc(NCc3ccccc3)cc2C1F. The zero-order valence-electron chi connectivity index (χ0n) is 10.5. The molecule has 104 valence electrons. The first-order valence-corrected chi connectivity index (χ1v) is 7.68. The number of fused-ring (bicyclic) bond motifs is 1. The summed E-state index contributed by atoms with van der Waals surface area (Å²) in [6.45, 7) is 0.594. The number of alkyl halides is 1. The average molecular weight is 292 g/mol. The highest BCUT2D eigenvalue weighted by atomic mass is 32.2. The molecule has 1 aliphatic rings. The lowest BCUT2D eigenvalue weighted by atomic mass is 10.1. The van der Waals surface area contributed by atoms with Crippen molar-refractivity contribution in [2.24, 2.45) is 0 Å². The van der Waals surface area contributed by atoms with Crippen LogP contribution in [-0.2, 0) is 16.6 Å². The molecule has 0 amide bonds. The Labute approximate surface area is 116 Å². The van der Waals surface area contributed by atoms with Crippen molar-refractivity contribution in [1.29, 1.82) is 0 Å². The smallest absolute Gasteiger partial charge is 0.269 e. The van der Waals surface area contributed by atoms with Gasteiger partial charge in [-0.2, -0.15) is 0 Å². The molecule has 0 aliphatic carbocycles. The predicted octanol–water partition coefficient (Wildman–Crippen LogP) is 3.02. The zero-order valence-corrected chi connectivity index (χ0v) is 11.3. The lowest BCUT2D eigenvalue weighted by Gasteiger charge is -2.08. The third kappa shape index (κ3) is 2.34. The van der Waals surface area contributed by atoms with Gasteiger partial charge in [0.15, 0.2) is 0 Å². The van der Waals surface area contributed by atoms with Crippen LogP contribution in [0.1, 0.15) is 16.6 Å². The Hall–Kier alpha value is -2.08. The third-order valence-electron chi connectivity index (χ3n) is 3.16. The topological polar surface area (TPSA) is 58.2 Å². The van der Waals surface area contributed by atoms with E-state index in [1.54, 1.807) is 12.1 Å². The van der Waals surface area contributed by atoms with E-state index in [0.717, 1.165) is 5.56 Å². The molecule has 4 nitrogen and oxygen atoms in total. The molecule has 1 unspecified atom stereocenters. The van der Waals surface area contributed by atoms with Crippen molar-refractivity contribution in [1.82, 2.24) is 0 Å². The van der Waals surface area contributed by atoms with E-state index >= 15 is 0 Å². The van der Waals surface area contributed by atoms with E-state index in [2.05, 4.69) is 10.0 Å². The molecule has 20 heavy (non-hydrogen) atoms. The van der Waals surface area contributed by atoms with Gasteiger partial charge in [-0.1, -0.05) is 30.3 Å². The maximum atomic E-state index is 13.8. The first kappa shape index (κ1) is 12.9. The molecule has 2 aromatic rings. The Morgan fingerprint density at radius 2 is 1.90 bits per heavy atom. The number of benzene rings is 2. The molecule has 3 rings (SSSR count). The summed E-state index contributed by atoms with van der Waals surface area (Å²) >= 11 is 0. The maximum Gasteiger partial charge on any atom is 0.269 e. The molecular weight excluding hydrogens is 279 g/mol. The summed E-state index contributed by atoms with van der Waals surface area (Å²) in [4.78, 5) is 0. The van der Waals surface area contributed by atoms with Gasteiger partial charge in [-0.05, 0) is 23.8 Å². The fourth-order valence-corrected chi connectivity index (χ4v) is 3.25. The number of hydrogen-bond donors (Lipinski definition) is 2. The first-order chi connectivity index (χ1) is 9.56. The van der Waals surface area contributed by atoms with Gasteiger partial charge < -0.3 is 5.32 Å². The highest BCUT2D eigenvalue weighted by Crippen LogP contribution is 2.39. The van der Waals surface area contributed by atoms with E-state index in [-0.39, 0.29) is 5.56 Å². The summed E-state index contributed by atoms with van der Waals surface area (Å²) in [5, 5.41) is 3.15. The molecule has 0 fully saturated rings. The van der Waals surface area contributed by atoms with Crippen LogP contribution >= 0.6 is 0 Å². The Balaban J connectivity index is 1.79. The fraction of sp³-hybridized carbons (Fsp3) is 0.143. The highest BCUT2D eigenvalue weighted by molar-refractivity contribution is 7.93. The van der Waals surface area contributed by atoms with Gasteiger partial charge in [-0.15, -0.1) is 0 Å². The number of hydrogen-bond acceptors (Lipinski definition) is 3. The van der Waals surface area contributed by atoms with Crippen LogP contribution in [0.3, 0.4) is 0 Å². The summed E-state index contributed by atoms with van der Waals surface area (Å²) in [5.74, 6) is 0. The third-order valence-corrected chi connectivity index (χ3v) is 4.46. The number of nitrogens with one attached hydrogen (secondary N) is 2. The standard InChI is InChI=1S/C14H13FN2O2S/c15-14-12-8-11(6-7-13(12)17-20(14,18)19)16-9-10-4-2-1-3-5-10/h1-8,14,16-17H,9H2. The van der Waals surface area contributed by atoms with Gasteiger partial charge in [0.25, 0.3) is 10.0 Å². The lowest BCUT2D eigenvalue weighted by Crippen LogP contribution is -2.08. The molecule has 0 saturated carbocycles. The number of halogens is 1. The van der Waals surface area contributed by atoms with Crippen molar-refractivity contribution >= 4 is 21.4 Å². The van der Waals surface area contributed by atoms with Crippen LogP contribution in [0.4, 0.5) is 15.8 Å². The van der Waals surface area contributed by atoms with E-state index in [1.807, 2.05) is 30.3 Å². The van der Waals surface area contributed by atoms with Crippen LogP contribution in [0, 0.1) is 0 Å². The molecular formula is C14H13FN2O2S. The van der Waals surface area contributed by atoms with E-state index in [0.29, 0.717) is 17.9 Å². The van der Waals surface area contributed by atoms with Gasteiger partial charge in [-0.3, -0.25) is 4.72 Å². The second-order valence-corrected chi connectivity index (χ2v) is 6.31. The molecule has 1 atom stereocenters. The number of anilines is 2. The van der Waals surface area contributed by atoms with Gasteiger partial charge in [0.05, 0.1) is 5.69 Å². The van der Waals surface area contributed by atoms with Gasteiger partial charge in [0.1, 0.15) is 0 Å². The Bertz CT molecular complexity index is 732. The van der Waals surface area contributed by atoms with Crippen LogP contribution in [0.15, 0.2) is 48.5 Å². The second-order valence-electron chi connectivity index (χ2n) is 4.60. The molecule has 1 heterocycles. The van der Waals surface area contributed by atoms with Crippen molar-refractivity contribution in [2.45, 2.75) is 12.0 Å². The molecule has 0 bridgehead atoms. The molecule has 2 aromatic carbocycles. The minimum atomic E-state index is -3.91. The Morgan fingerprint density at radius 1 is 1.15 bits per heavy atom. The van der Waals surface area contributed by atoms with E-state index in [1.165, 1.54) is 6.07 Å². The number of rotatable bonds is 3. The Kier molecular flexibility index (Phi) is 3.10. The quantitative estimate of drug-likeness (QED) is 0.914. The summed E-state index contributed by atoms with van der Waals surface area (Å²) in [6, 6.07) is 14.6. The van der Waals surface area contributed by atoms with Crippen molar-refractivity contribution in [3.63, 3.8) is 0 Å². The van der Waals surface area contributed by atoms with Crippen molar-refractivity contribution in [3.8, 4) is 0 Å². The highest BCUT2D eigenvalue weighted by Gasteiger charge is 2.36. The maximum absolute atomic E-state index is 13.8. The van der Waals surface area contributed by atoms with E-state index < -0.39 is 15.5 Å². The van der Waals surface area contributed by atoms with E-state index in [4.69, 9.17) is 0 Å². The van der Waals surface area contributed by atoms with Crippen LogP contribution in [0.2, 0.25) is 0 Å². The normalized spacial score (nSPS) is 19.1. The molecule has 0 spiro atoms. The second kappa shape index (κ2) is 4.79. The first-order valence-electron chi connectivity index (χ1n) is 6.14. The molecule has 2 N–H and O–H groups in total. The molecule has 0 radical (unpaired) electrons. The lowest BCUT2D eigenvalue weighted by molar-refractivity contribution is 0.440. The number of sulfonamides is 1. The fourth-order valence-electron chi connectivity index (χ4n) is 2.13. The van der Waals surface area contributed by atoms with Crippen LogP contribution in [-0.4, -0.2) is 8.42 Å². The molecule has 0 aromatic heterocycles.